The Labute approximate surface area is 109 Å². The van der Waals surface area contributed by atoms with Crippen LogP contribution in [0.4, 0.5) is 0 Å². The summed E-state index contributed by atoms with van der Waals surface area (Å²) < 4.78 is 0. The van der Waals surface area contributed by atoms with Gasteiger partial charge in [0.2, 0.25) is 5.91 Å². The lowest BCUT2D eigenvalue weighted by molar-refractivity contribution is -0.137. The Balaban J connectivity index is 2.27. The molecule has 0 radical (unpaired) electrons. The molecule has 104 valence electrons. The number of hydrogen-bond donors (Lipinski definition) is 1. The lowest BCUT2D eigenvalue weighted by atomic mass is 9.85. The molecule has 0 atom stereocenters. The minimum atomic E-state index is -0.779. The van der Waals surface area contributed by atoms with Gasteiger partial charge in [-0.15, -0.1) is 0 Å². The molecule has 1 N–H and O–H groups in total. The standard InChI is InChI=1S/C14H25NO3/c1-14(2)8-5-10-15(11-9-14)12(16)6-3-4-7-13(17)18/h3-11H2,1-2H3,(H,17,18). The Hall–Kier alpha value is -1.06. The van der Waals surface area contributed by atoms with Crippen molar-refractivity contribution in [1.29, 1.82) is 0 Å². The van der Waals surface area contributed by atoms with Crippen molar-refractivity contribution in [1.82, 2.24) is 4.90 Å². The van der Waals surface area contributed by atoms with Crippen LogP contribution in [0.5, 0.6) is 0 Å². The van der Waals surface area contributed by atoms with Gasteiger partial charge in [-0.3, -0.25) is 9.59 Å². The third-order valence-electron chi connectivity index (χ3n) is 3.72. The molecule has 18 heavy (non-hydrogen) atoms. The number of aliphatic carboxylic acids is 1. The fourth-order valence-corrected chi connectivity index (χ4v) is 2.38. The van der Waals surface area contributed by atoms with Gasteiger partial charge < -0.3 is 10.0 Å². The van der Waals surface area contributed by atoms with Gasteiger partial charge in [-0.1, -0.05) is 13.8 Å². The monoisotopic (exact) mass is 255 g/mol. The Bertz CT molecular complexity index is 299. The van der Waals surface area contributed by atoms with Crippen LogP contribution in [0.2, 0.25) is 0 Å². The van der Waals surface area contributed by atoms with Gasteiger partial charge in [0, 0.05) is 25.9 Å². The highest BCUT2D eigenvalue weighted by Crippen LogP contribution is 2.29. The molecule has 4 nitrogen and oxygen atoms in total. The molecule has 1 amide bonds. The average Bonchev–Trinajstić information content (AvgIpc) is 2.45. The minimum Gasteiger partial charge on any atom is -0.481 e. The van der Waals surface area contributed by atoms with Crippen molar-refractivity contribution >= 4 is 11.9 Å². The molecule has 4 heteroatoms. The molecule has 0 bridgehead atoms. The second kappa shape index (κ2) is 6.76. The molecular weight excluding hydrogens is 230 g/mol. The zero-order valence-corrected chi connectivity index (χ0v) is 11.6. The molecule has 0 saturated carbocycles. The molecule has 0 aromatic carbocycles. The summed E-state index contributed by atoms with van der Waals surface area (Å²) in [6, 6.07) is 0. The second-order valence-electron chi connectivity index (χ2n) is 6.00. The van der Waals surface area contributed by atoms with E-state index in [0.717, 1.165) is 25.9 Å². The largest absolute Gasteiger partial charge is 0.481 e. The Morgan fingerprint density at radius 3 is 2.44 bits per heavy atom. The first kappa shape index (κ1) is 15.0. The Morgan fingerprint density at radius 2 is 1.78 bits per heavy atom. The maximum atomic E-state index is 12.0. The number of amides is 1. The van der Waals surface area contributed by atoms with Crippen molar-refractivity contribution in [3.63, 3.8) is 0 Å². The SMILES string of the molecule is CC1(C)CCCN(C(=O)CCCCC(=O)O)CC1. The predicted octanol–water partition coefficient (Wildman–Crippen LogP) is 2.67. The summed E-state index contributed by atoms with van der Waals surface area (Å²) in [5.41, 5.74) is 0.346. The molecule has 0 spiro atoms. The minimum absolute atomic E-state index is 0.167. The van der Waals surface area contributed by atoms with Gasteiger partial charge in [-0.25, -0.2) is 0 Å². The molecule has 1 fully saturated rings. The summed E-state index contributed by atoms with van der Waals surface area (Å²) in [5.74, 6) is -0.586. The van der Waals surface area contributed by atoms with Crippen molar-refractivity contribution in [2.45, 2.75) is 58.8 Å². The fourth-order valence-electron chi connectivity index (χ4n) is 2.38. The number of carboxylic acid groups (broad SMARTS) is 1. The molecule has 1 heterocycles. The van der Waals surface area contributed by atoms with Crippen LogP contribution in [0.1, 0.15) is 58.8 Å². The summed E-state index contributed by atoms with van der Waals surface area (Å²) in [5, 5.41) is 8.53. The Morgan fingerprint density at radius 1 is 1.11 bits per heavy atom. The van der Waals surface area contributed by atoms with Gasteiger partial charge in [0.05, 0.1) is 0 Å². The zero-order chi connectivity index (χ0) is 13.6. The first-order chi connectivity index (χ1) is 8.41. The second-order valence-corrected chi connectivity index (χ2v) is 6.00. The zero-order valence-electron chi connectivity index (χ0n) is 11.6. The number of unbranched alkanes of at least 4 members (excludes halogenated alkanes) is 1. The van der Waals surface area contributed by atoms with E-state index in [9.17, 15) is 9.59 Å². The van der Waals surface area contributed by atoms with E-state index in [-0.39, 0.29) is 12.3 Å². The average molecular weight is 255 g/mol. The lowest BCUT2D eigenvalue weighted by Gasteiger charge is -2.23. The maximum Gasteiger partial charge on any atom is 0.303 e. The first-order valence-electron chi connectivity index (χ1n) is 6.90. The van der Waals surface area contributed by atoms with Crippen LogP contribution in [-0.4, -0.2) is 35.0 Å². The topological polar surface area (TPSA) is 57.6 Å². The van der Waals surface area contributed by atoms with Gasteiger partial charge in [-0.2, -0.15) is 0 Å². The molecule has 0 aromatic heterocycles. The van der Waals surface area contributed by atoms with Crippen molar-refractivity contribution in [3.8, 4) is 0 Å². The molecule has 1 rings (SSSR count). The molecule has 1 aliphatic heterocycles. The van der Waals surface area contributed by atoms with Crippen LogP contribution in [0.25, 0.3) is 0 Å². The number of nitrogens with zero attached hydrogens (tertiary/aromatic N) is 1. The van der Waals surface area contributed by atoms with E-state index in [2.05, 4.69) is 13.8 Å². The molecule has 0 aliphatic carbocycles. The Kier molecular flexibility index (Phi) is 5.63. The smallest absolute Gasteiger partial charge is 0.303 e. The normalized spacial score (nSPS) is 19.3. The lowest BCUT2D eigenvalue weighted by Crippen LogP contribution is -2.32. The van der Waals surface area contributed by atoms with E-state index in [4.69, 9.17) is 5.11 Å². The van der Waals surface area contributed by atoms with Crippen LogP contribution in [0.15, 0.2) is 0 Å². The maximum absolute atomic E-state index is 12.0. The van der Waals surface area contributed by atoms with Crippen molar-refractivity contribution in [2.24, 2.45) is 5.41 Å². The first-order valence-corrected chi connectivity index (χ1v) is 6.90. The third-order valence-corrected chi connectivity index (χ3v) is 3.72. The molecule has 0 aromatic rings. The highest BCUT2D eigenvalue weighted by molar-refractivity contribution is 5.76. The van der Waals surface area contributed by atoms with Gasteiger partial charge >= 0.3 is 5.97 Å². The van der Waals surface area contributed by atoms with E-state index in [0.29, 0.717) is 24.7 Å². The summed E-state index contributed by atoms with van der Waals surface area (Å²) in [6.07, 6.45) is 5.26. The molecule has 0 unspecified atom stereocenters. The number of carbonyl (C=O) groups excluding carboxylic acids is 1. The van der Waals surface area contributed by atoms with Crippen molar-refractivity contribution in [2.75, 3.05) is 13.1 Å². The van der Waals surface area contributed by atoms with E-state index < -0.39 is 5.97 Å². The van der Waals surface area contributed by atoms with E-state index in [1.54, 1.807) is 0 Å². The predicted molar refractivity (Wildman–Crippen MR) is 70.3 cm³/mol. The number of likely N-dealkylation sites (tertiary alicyclic amines) is 1. The summed E-state index contributed by atoms with van der Waals surface area (Å²) in [6.45, 7) is 6.23. The van der Waals surface area contributed by atoms with E-state index in [1.807, 2.05) is 4.90 Å². The number of carboxylic acids is 1. The van der Waals surface area contributed by atoms with E-state index in [1.165, 1.54) is 6.42 Å². The molecular formula is C14H25NO3. The number of carbonyl (C=O) groups is 2. The quantitative estimate of drug-likeness (QED) is 0.768. The summed E-state index contributed by atoms with van der Waals surface area (Å²) in [7, 11) is 0. The highest BCUT2D eigenvalue weighted by Gasteiger charge is 2.24. The van der Waals surface area contributed by atoms with Crippen LogP contribution in [0, 0.1) is 5.41 Å². The van der Waals surface area contributed by atoms with Crippen LogP contribution in [-0.2, 0) is 9.59 Å². The third kappa shape index (κ3) is 5.52. The number of hydrogen-bond acceptors (Lipinski definition) is 2. The fraction of sp³-hybridized carbons (Fsp3) is 0.857. The summed E-state index contributed by atoms with van der Waals surface area (Å²) in [4.78, 5) is 24.3. The van der Waals surface area contributed by atoms with Crippen LogP contribution >= 0.6 is 0 Å². The van der Waals surface area contributed by atoms with Gasteiger partial charge in [0.25, 0.3) is 0 Å². The van der Waals surface area contributed by atoms with Crippen molar-refractivity contribution < 1.29 is 14.7 Å². The van der Waals surface area contributed by atoms with Gasteiger partial charge in [-0.05, 0) is 37.5 Å². The highest BCUT2D eigenvalue weighted by atomic mass is 16.4. The molecule has 1 saturated heterocycles. The summed E-state index contributed by atoms with van der Waals surface area (Å²) >= 11 is 0. The van der Waals surface area contributed by atoms with Gasteiger partial charge in [0.1, 0.15) is 0 Å². The van der Waals surface area contributed by atoms with Crippen molar-refractivity contribution in [3.05, 3.63) is 0 Å². The van der Waals surface area contributed by atoms with E-state index >= 15 is 0 Å². The number of rotatable bonds is 5. The van der Waals surface area contributed by atoms with Gasteiger partial charge in [0.15, 0.2) is 0 Å². The van der Waals surface area contributed by atoms with Crippen LogP contribution in [0.3, 0.4) is 0 Å². The van der Waals surface area contributed by atoms with Crippen LogP contribution < -0.4 is 0 Å². The molecule has 1 aliphatic rings.